The molecule has 0 spiro atoms. The molecule has 0 aromatic heterocycles. The van der Waals surface area contributed by atoms with E-state index in [2.05, 4.69) is 0 Å². The Bertz CT molecular complexity index is 1110. The van der Waals surface area contributed by atoms with E-state index in [4.69, 9.17) is 18.9 Å². The van der Waals surface area contributed by atoms with Crippen molar-refractivity contribution in [3.63, 3.8) is 0 Å². The fraction of sp³-hybridized carbons (Fsp3) is 0.286. The van der Waals surface area contributed by atoms with Crippen LogP contribution in [0.25, 0.3) is 0 Å². The van der Waals surface area contributed by atoms with Crippen molar-refractivity contribution in [1.29, 1.82) is 0 Å². The number of ether oxygens (including phenoxy) is 4. The molecule has 0 radical (unpaired) electrons. The first-order chi connectivity index (χ1) is 16.4. The van der Waals surface area contributed by atoms with Crippen molar-refractivity contribution in [2.75, 3.05) is 21.3 Å². The van der Waals surface area contributed by atoms with E-state index in [9.17, 15) is 9.59 Å². The van der Waals surface area contributed by atoms with Crippen molar-refractivity contribution < 1.29 is 28.5 Å². The maximum atomic E-state index is 13.3. The predicted molar refractivity (Wildman–Crippen MR) is 130 cm³/mol. The Morgan fingerprint density at radius 2 is 1.29 bits per heavy atom. The number of methoxy groups -OCH3 is 3. The van der Waals surface area contributed by atoms with E-state index in [0.717, 1.165) is 16.7 Å². The number of Topliss-reactive ketones (excluding diaryl/α,β-unsaturated/α-hetero) is 1. The second-order valence-electron chi connectivity index (χ2n) is 8.04. The minimum atomic E-state index is -1.02. The van der Waals surface area contributed by atoms with Gasteiger partial charge in [-0.25, -0.2) is 0 Å². The molecule has 6 heteroatoms. The lowest BCUT2D eigenvalue weighted by molar-refractivity contribution is -0.147. The fourth-order valence-corrected chi connectivity index (χ4v) is 3.60. The lowest BCUT2D eigenvalue weighted by Gasteiger charge is -2.18. The molecular weight excluding hydrogens is 432 g/mol. The van der Waals surface area contributed by atoms with Crippen LogP contribution >= 0.6 is 0 Å². The summed E-state index contributed by atoms with van der Waals surface area (Å²) < 4.78 is 21.8. The Kier molecular flexibility index (Phi) is 8.30. The third-order valence-electron chi connectivity index (χ3n) is 5.55. The van der Waals surface area contributed by atoms with Gasteiger partial charge in [0.2, 0.25) is 11.5 Å². The van der Waals surface area contributed by atoms with Gasteiger partial charge in [-0.05, 0) is 38.0 Å². The molecule has 0 bridgehead atoms. The van der Waals surface area contributed by atoms with Crippen molar-refractivity contribution in [2.24, 2.45) is 0 Å². The van der Waals surface area contributed by atoms with Crippen LogP contribution in [0.15, 0.2) is 60.7 Å². The van der Waals surface area contributed by atoms with Crippen molar-refractivity contribution >= 4 is 11.8 Å². The Morgan fingerprint density at radius 1 is 0.765 bits per heavy atom. The van der Waals surface area contributed by atoms with Crippen molar-refractivity contribution in [2.45, 2.75) is 32.8 Å². The highest BCUT2D eigenvalue weighted by molar-refractivity contribution is 6.01. The van der Waals surface area contributed by atoms with Gasteiger partial charge in [-0.2, -0.15) is 0 Å². The summed E-state index contributed by atoms with van der Waals surface area (Å²) in [7, 11) is 4.62. The first-order valence-electron chi connectivity index (χ1n) is 11.0. The molecule has 0 saturated heterocycles. The molecule has 3 rings (SSSR count). The monoisotopic (exact) mass is 462 g/mol. The zero-order chi connectivity index (χ0) is 24.7. The smallest absolute Gasteiger partial charge is 0.307 e. The number of aryl methyl sites for hydroxylation is 3. The zero-order valence-corrected chi connectivity index (χ0v) is 20.2. The van der Waals surface area contributed by atoms with E-state index < -0.39 is 12.1 Å². The Hall–Kier alpha value is -3.80. The van der Waals surface area contributed by atoms with Crippen LogP contribution in [0.3, 0.4) is 0 Å². The first-order valence-corrected chi connectivity index (χ1v) is 11.0. The van der Waals surface area contributed by atoms with E-state index in [1.54, 1.807) is 24.3 Å². The van der Waals surface area contributed by atoms with E-state index in [1.807, 2.05) is 50.2 Å². The summed E-state index contributed by atoms with van der Waals surface area (Å²) in [5.74, 6) is 0.777. The summed E-state index contributed by atoms with van der Waals surface area (Å²) in [6, 6.07) is 18.3. The molecule has 0 heterocycles. The average Bonchev–Trinajstić information content (AvgIpc) is 2.86. The summed E-state index contributed by atoms with van der Waals surface area (Å²) in [6.07, 6.45) is -0.549. The van der Waals surface area contributed by atoms with Crippen molar-refractivity contribution in [1.82, 2.24) is 0 Å². The molecular formula is C28H30O6. The molecule has 178 valence electrons. The van der Waals surface area contributed by atoms with E-state index in [0.29, 0.717) is 34.8 Å². The Balaban J connectivity index is 1.79. The molecule has 0 fully saturated rings. The summed E-state index contributed by atoms with van der Waals surface area (Å²) in [5.41, 5.74) is 4.05. The SMILES string of the molecule is COc1cc(CCC(=O)OC(C(=O)c2ccc(C)cc2)c2ccc(C)cc2)cc(OC)c1OC. The second kappa shape index (κ2) is 11.4. The van der Waals surface area contributed by atoms with E-state index in [-0.39, 0.29) is 12.2 Å². The summed E-state index contributed by atoms with van der Waals surface area (Å²) in [5, 5.41) is 0. The number of ketones is 1. The van der Waals surface area contributed by atoms with Gasteiger partial charge in [0.1, 0.15) is 0 Å². The van der Waals surface area contributed by atoms with Gasteiger partial charge >= 0.3 is 5.97 Å². The largest absolute Gasteiger partial charge is 0.493 e. The van der Waals surface area contributed by atoms with Crippen LogP contribution < -0.4 is 14.2 Å². The lowest BCUT2D eigenvalue weighted by atomic mass is 9.98. The third-order valence-corrected chi connectivity index (χ3v) is 5.55. The molecule has 6 nitrogen and oxygen atoms in total. The van der Waals surface area contributed by atoms with Crippen LogP contribution in [-0.2, 0) is 16.0 Å². The molecule has 1 unspecified atom stereocenters. The molecule has 0 saturated carbocycles. The van der Waals surface area contributed by atoms with Crippen LogP contribution in [0.2, 0.25) is 0 Å². The van der Waals surface area contributed by atoms with Gasteiger partial charge in [-0.1, -0.05) is 59.7 Å². The number of benzene rings is 3. The van der Waals surface area contributed by atoms with Crippen molar-refractivity contribution in [3.05, 3.63) is 88.5 Å². The predicted octanol–water partition coefficient (Wildman–Crippen LogP) is 5.43. The Morgan fingerprint density at radius 3 is 1.79 bits per heavy atom. The van der Waals surface area contributed by atoms with Gasteiger partial charge in [0.25, 0.3) is 0 Å². The van der Waals surface area contributed by atoms with E-state index >= 15 is 0 Å². The van der Waals surface area contributed by atoms with Gasteiger partial charge < -0.3 is 18.9 Å². The van der Waals surface area contributed by atoms with Gasteiger partial charge in [0, 0.05) is 17.5 Å². The summed E-state index contributed by atoms with van der Waals surface area (Å²) in [4.78, 5) is 26.1. The molecule has 34 heavy (non-hydrogen) atoms. The molecule has 0 aliphatic heterocycles. The minimum absolute atomic E-state index is 0.0855. The average molecular weight is 463 g/mol. The standard InChI is InChI=1S/C28H30O6/c1-18-6-11-21(12-7-18)26(30)27(22-13-8-19(2)9-14-22)34-25(29)15-10-20-16-23(31-3)28(33-5)24(17-20)32-4/h6-9,11-14,16-17,27H,10,15H2,1-5H3. The number of hydrogen-bond acceptors (Lipinski definition) is 6. The quantitative estimate of drug-likeness (QED) is 0.296. The molecule has 0 amide bonds. The van der Waals surface area contributed by atoms with Crippen LogP contribution in [0.1, 0.15) is 45.1 Å². The van der Waals surface area contributed by atoms with Crippen LogP contribution in [0, 0.1) is 13.8 Å². The highest BCUT2D eigenvalue weighted by Crippen LogP contribution is 2.38. The molecule has 0 aliphatic rings. The first kappa shape index (κ1) is 24.8. The van der Waals surface area contributed by atoms with Crippen LogP contribution in [0.5, 0.6) is 17.2 Å². The maximum Gasteiger partial charge on any atom is 0.307 e. The molecule has 0 N–H and O–H groups in total. The Labute approximate surface area is 200 Å². The maximum absolute atomic E-state index is 13.3. The fourth-order valence-electron chi connectivity index (χ4n) is 3.60. The molecule has 3 aromatic rings. The van der Waals surface area contributed by atoms with Gasteiger partial charge in [-0.3, -0.25) is 9.59 Å². The molecule has 1 atom stereocenters. The molecule has 0 aliphatic carbocycles. The summed E-state index contributed by atoms with van der Waals surface area (Å²) in [6.45, 7) is 3.92. The van der Waals surface area contributed by atoms with Crippen molar-refractivity contribution in [3.8, 4) is 17.2 Å². The van der Waals surface area contributed by atoms with Gasteiger partial charge in [0.15, 0.2) is 17.6 Å². The van der Waals surface area contributed by atoms with Crippen LogP contribution in [0.4, 0.5) is 0 Å². The van der Waals surface area contributed by atoms with Crippen LogP contribution in [-0.4, -0.2) is 33.1 Å². The number of esters is 1. The normalized spacial score (nSPS) is 11.4. The number of carbonyl (C=O) groups is 2. The zero-order valence-electron chi connectivity index (χ0n) is 20.2. The lowest BCUT2D eigenvalue weighted by Crippen LogP contribution is -2.20. The highest BCUT2D eigenvalue weighted by Gasteiger charge is 2.26. The molecule has 3 aromatic carbocycles. The number of carbonyl (C=O) groups excluding carboxylic acids is 2. The highest BCUT2D eigenvalue weighted by atomic mass is 16.5. The topological polar surface area (TPSA) is 71.1 Å². The number of rotatable bonds is 10. The van der Waals surface area contributed by atoms with Gasteiger partial charge in [-0.15, -0.1) is 0 Å². The summed E-state index contributed by atoms with van der Waals surface area (Å²) >= 11 is 0. The minimum Gasteiger partial charge on any atom is -0.493 e. The number of hydrogen-bond donors (Lipinski definition) is 0. The second-order valence-corrected chi connectivity index (χ2v) is 8.04. The van der Waals surface area contributed by atoms with Gasteiger partial charge in [0.05, 0.1) is 21.3 Å². The van der Waals surface area contributed by atoms with E-state index in [1.165, 1.54) is 21.3 Å². The third kappa shape index (κ3) is 5.95.